The van der Waals surface area contributed by atoms with Crippen LogP contribution in [0.25, 0.3) is 28.2 Å². The maximum Gasteiger partial charge on any atom is 0.276 e. The van der Waals surface area contributed by atoms with Gasteiger partial charge in [0.25, 0.3) is 5.89 Å². The van der Waals surface area contributed by atoms with E-state index in [0.29, 0.717) is 41.8 Å². The van der Waals surface area contributed by atoms with Crippen molar-refractivity contribution in [3.8, 4) is 17.3 Å². The number of carbonyl (C=O) groups is 2. The normalized spacial score (nSPS) is 14.4. The minimum atomic E-state index is -1.03. The number of nitrogens with two attached hydrogens (primary N) is 1. The molecule has 9 heteroatoms. The standard InChI is InChI=1S/C23H20ClN5O3/c1-13-27-20(32-28-13)19-18(24)16-4-2-3-5-17(16)29(19)15-8-6-14(7-9-15)12-26-22(31)23(10-11-23)21(25)30/h2-9H,10-12H2,1H3,(H2,25,30)(H,26,31). The fraction of sp³-hybridized carbons (Fsp3) is 0.217. The Labute approximate surface area is 188 Å². The second-order valence-electron chi connectivity index (χ2n) is 7.96. The lowest BCUT2D eigenvalue weighted by atomic mass is 10.1. The molecule has 4 aromatic rings. The van der Waals surface area contributed by atoms with Gasteiger partial charge in [0.15, 0.2) is 5.82 Å². The summed E-state index contributed by atoms with van der Waals surface area (Å²) in [5.74, 6) is -0.0265. The van der Waals surface area contributed by atoms with Gasteiger partial charge in [-0.3, -0.25) is 9.59 Å². The number of benzene rings is 2. The number of para-hydroxylation sites is 1. The average Bonchev–Trinajstić information content (AvgIpc) is 3.43. The fourth-order valence-electron chi connectivity index (χ4n) is 3.88. The SMILES string of the molecule is Cc1noc(-c2c(Cl)c3ccccc3n2-c2ccc(CNC(=O)C3(C(N)=O)CC3)cc2)n1. The van der Waals surface area contributed by atoms with Gasteiger partial charge in [0, 0.05) is 17.6 Å². The van der Waals surface area contributed by atoms with E-state index in [1.54, 1.807) is 6.92 Å². The van der Waals surface area contributed by atoms with Crippen molar-refractivity contribution in [2.24, 2.45) is 11.1 Å². The van der Waals surface area contributed by atoms with Crippen LogP contribution in [-0.4, -0.2) is 26.5 Å². The van der Waals surface area contributed by atoms with Gasteiger partial charge < -0.3 is 20.1 Å². The minimum absolute atomic E-state index is 0.303. The number of rotatable bonds is 6. The van der Waals surface area contributed by atoms with Gasteiger partial charge in [-0.1, -0.05) is 47.1 Å². The Kier molecular flexibility index (Phi) is 4.74. The first-order valence-corrected chi connectivity index (χ1v) is 10.6. The maximum absolute atomic E-state index is 12.3. The number of carbonyl (C=O) groups excluding carboxylic acids is 2. The van der Waals surface area contributed by atoms with Crippen LogP contribution in [0.15, 0.2) is 53.1 Å². The molecule has 0 spiro atoms. The Hall–Kier alpha value is -3.65. The number of fused-ring (bicyclic) bond motifs is 1. The van der Waals surface area contributed by atoms with Crippen molar-refractivity contribution in [3.05, 3.63) is 64.9 Å². The molecule has 0 atom stereocenters. The van der Waals surface area contributed by atoms with Gasteiger partial charge in [0.2, 0.25) is 11.8 Å². The highest BCUT2D eigenvalue weighted by atomic mass is 35.5. The highest BCUT2D eigenvalue weighted by Crippen LogP contribution is 2.45. The molecule has 2 aromatic carbocycles. The Morgan fingerprint density at radius 3 is 2.53 bits per heavy atom. The largest absolute Gasteiger partial charge is 0.369 e. The number of hydrogen-bond donors (Lipinski definition) is 2. The smallest absolute Gasteiger partial charge is 0.276 e. The van der Waals surface area contributed by atoms with Gasteiger partial charge in [-0.15, -0.1) is 0 Å². The molecule has 0 aliphatic heterocycles. The molecule has 0 bridgehead atoms. The minimum Gasteiger partial charge on any atom is -0.369 e. The van der Waals surface area contributed by atoms with Gasteiger partial charge >= 0.3 is 0 Å². The van der Waals surface area contributed by atoms with Crippen LogP contribution in [0.4, 0.5) is 0 Å². The molecule has 1 aliphatic rings. The summed E-state index contributed by atoms with van der Waals surface area (Å²) < 4.78 is 7.39. The van der Waals surface area contributed by atoms with Crippen LogP contribution >= 0.6 is 11.6 Å². The molecule has 162 valence electrons. The molecule has 8 nitrogen and oxygen atoms in total. The lowest BCUT2D eigenvalue weighted by Gasteiger charge is -2.13. The molecule has 1 saturated carbocycles. The topological polar surface area (TPSA) is 116 Å². The third-order valence-corrected chi connectivity index (χ3v) is 6.23. The first-order chi connectivity index (χ1) is 15.4. The molecule has 5 rings (SSSR count). The zero-order valence-corrected chi connectivity index (χ0v) is 18.0. The first-order valence-electron chi connectivity index (χ1n) is 10.2. The molecule has 0 radical (unpaired) electrons. The second kappa shape index (κ2) is 7.49. The number of nitrogens with zero attached hydrogens (tertiary/aromatic N) is 3. The number of halogens is 1. The lowest BCUT2D eigenvalue weighted by molar-refractivity contribution is -0.135. The number of aryl methyl sites for hydroxylation is 1. The molecule has 2 amide bonds. The molecule has 0 unspecified atom stereocenters. The molecule has 2 heterocycles. The summed E-state index contributed by atoms with van der Waals surface area (Å²) in [6, 6.07) is 15.4. The predicted octanol–water partition coefficient (Wildman–Crippen LogP) is 3.52. The van der Waals surface area contributed by atoms with E-state index in [2.05, 4.69) is 15.5 Å². The third-order valence-electron chi connectivity index (χ3n) is 5.85. The van der Waals surface area contributed by atoms with E-state index in [-0.39, 0.29) is 5.91 Å². The van der Waals surface area contributed by atoms with Crippen molar-refractivity contribution >= 4 is 34.3 Å². The van der Waals surface area contributed by atoms with Crippen molar-refractivity contribution in [3.63, 3.8) is 0 Å². The Bertz CT molecular complexity index is 1350. The number of hydrogen-bond acceptors (Lipinski definition) is 5. The highest BCUT2D eigenvalue weighted by molar-refractivity contribution is 6.38. The van der Waals surface area contributed by atoms with Crippen molar-refractivity contribution < 1.29 is 14.1 Å². The first kappa shape index (κ1) is 20.3. The van der Waals surface area contributed by atoms with Crippen LogP contribution in [-0.2, 0) is 16.1 Å². The monoisotopic (exact) mass is 449 g/mol. The van der Waals surface area contributed by atoms with E-state index in [0.717, 1.165) is 22.2 Å². The molecule has 32 heavy (non-hydrogen) atoms. The highest BCUT2D eigenvalue weighted by Gasteiger charge is 2.55. The second-order valence-corrected chi connectivity index (χ2v) is 8.34. The summed E-state index contributed by atoms with van der Waals surface area (Å²) in [7, 11) is 0. The molecule has 3 N–H and O–H groups in total. The Morgan fingerprint density at radius 2 is 1.91 bits per heavy atom. The van der Waals surface area contributed by atoms with E-state index in [4.69, 9.17) is 21.9 Å². The summed E-state index contributed by atoms with van der Waals surface area (Å²) in [6.07, 6.45) is 1.01. The van der Waals surface area contributed by atoms with Gasteiger partial charge in [0.05, 0.1) is 10.5 Å². The number of nitrogens with one attached hydrogen (secondary N) is 1. The molecule has 1 aliphatic carbocycles. The van der Waals surface area contributed by atoms with Crippen molar-refractivity contribution in [1.29, 1.82) is 0 Å². The van der Waals surface area contributed by atoms with Gasteiger partial charge in [-0.2, -0.15) is 4.98 Å². The average molecular weight is 450 g/mol. The maximum atomic E-state index is 12.3. The van der Waals surface area contributed by atoms with E-state index in [9.17, 15) is 9.59 Å². The van der Waals surface area contributed by atoms with Crippen molar-refractivity contribution in [2.45, 2.75) is 26.3 Å². The van der Waals surface area contributed by atoms with Gasteiger partial charge in [-0.25, -0.2) is 0 Å². The van der Waals surface area contributed by atoms with Gasteiger partial charge in [0.1, 0.15) is 11.1 Å². The number of amides is 2. The Morgan fingerprint density at radius 1 is 1.19 bits per heavy atom. The van der Waals surface area contributed by atoms with Crippen molar-refractivity contribution in [1.82, 2.24) is 20.0 Å². The van der Waals surface area contributed by atoms with Crippen LogP contribution in [0, 0.1) is 12.3 Å². The third kappa shape index (κ3) is 3.23. The fourth-order valence-corrected chi connectivity index (χ4v) is 4.20. The van der Waals surface area contributed by atoms with E-state index < -0.39 is 11.3 Å². The van der Waals surface area contributed by atoms with Crippen LogP contribution in [0.1, 0.15) is 24.2 Å². The van der Waals surface area contributed by atoms with Crippen LogP contribution < -0.4 is 11.1 Å². The molecular formula is C23H20ClN5O3. The zero-order valence-electron chi connectivity index (χ0n) is 17.3. The summed E-state index contributed by atoms with van der Waals surface area (Å²) in [5.41, 5.74) is 7.60. The zero-order chi connectivity index (χ0) is 22.5. The Balaban J connectivity index is 1.47. The predicted molar refractivity (Wildman–Crippen MR) is 119 cm³/mol. The summed E-state index contributed by atoms with van der Waals surface area (Å²) >= 11 is 6.71. The van der Waals surface area contributed by atoms with Gasteiger partial charge in [-0.05, 0) is 43.5 Å². The molecular weight excluding hydrogens is 430 g/mol. The summed E-state index contributed by atoms with van der Waals surface area (Å²) in [5, 5.41) is 8.12. The lowest BCUT2D eigenvalue weighted by Crippen LogP contribution is -2.40. The summed E-state index contributed by atoms with van der Waals surface area (Å²) in [6.45, 7) is 2.05. The molecule has 0 saturated heterocycles. The van der Waals surface area contributed by atoms with Crippen LogP contribution in [0.2, 0.25) is 5.02 Å². The molecule has 2 aromatic heterocycles. The van der Waals surface area contributed by atoms with Crippen molar-refractivity contribution in [2.75, 3.05) is 0 Å². The number of aromatic nitrogens is 3. The quantitative estimate of drug-likeness (QED) is 0.437. The van der Waals surface area contributed by atoms with Crippen LogP contribution in [0.5, 0.6) is 0 Å². The van der Waals surface area contributed by atoms with E-state index >= 15 is 0 Å². The van der Waals surface area contributed by atoms with Crippen LogP contribution in [0.3, 0.4) is 0 Å². The number of primary amides is 1. The van der Waals surface area contributed by atoms with E-state index in [1.807, 2.05) is 53.1 Å². The van der Waals surface area contributed by atoms with E-state index in [1.165, 1.54) is 0 Å². The summed E-state index contributed by atoms with van der Waals surface area (Å²) in [4.78, 5) is 28.2. The molecule has 1 fully saturated rings.